The van der Waals surface area contributed by atoms with Gasteiger partial charge in [0.2, 0.25) is 5.91 Å². The van der Waals surface area contributed by atoms with E-state index in [1.54, 1.807) is 6.20 Å². The maximum Gasteiger partial charge on any atom is 0.221 e. The Bertz CT molecular complexity index is 363. The fourth-order valence-corrected chi connectivity index (χ4v) is 1.72. The summed E-state index contributed by atoms with van der Waals surface area (Å²) in [5, 5.41) is 2.84. The summed E-state index contributed by atoms with van der Waals surface area (Å²) in [5.41, 5.74) is 6.53. The van der Waals surface area contributed by atoms with E-state index in [1.807, 2.05) is 12.1 Å². The molecule has 5 nitrogen and oxygen atoms in total. The van der Waals surface area contributed by atoms with Crippen LogP contribution in [-0.4, -0.2) is 30.5 Å². The average molecular weight is 220 g/mol. The topological polar surface area (TPSA) is 71.2 Å². The zero-order valence-electron chi connectivity index (χ0n) is 9.15. The van der Waals surface area contributed by atoms with E-state index in [2.05, 4.69) is 15.2 Å². The third kappa shape index (κ3) is 2.49. The van der Waals surface area contributed by atoms with Gasteiger partial charge in [0.15, 0.2) is 0 Å². The summed E-state index contributed by atoms with van der Waals surface area (Å²) in [5.74, 6) is 1.02. The Balaban J connectivity index is 2.07. The molecule has 0 aliphatic carbocycles. The second kappa shape index (κ2) is 4.94. The van der Waals surface area contributed by atoms with E-state index >= 15 is 0 Å². The molecular weight excluding hydrogens is 204 g/mol. The first-order chi connectivity index (χ1) is 7.79. The van der Waals surface area contributed by atoms with Crippen molar-refractivity contribution in [3.8, 4) is 0 Å². The van der Waals surface area contributed by atoms with E-state index in [9.17, 15) is 4.79 Å². The number of pyridine rings is 1. The van der Waals surface area contributed by atoms with E-state index in [0.717, 1.165) is 24.5 Å². The summed E-state index contributed by atoms with van der Waals surface area (Å²) in [4.78, 5) is 17.6. The summed E-state index contributed by atoms with van der Waals surface area (Å²) in [6.07, 6.45) is 2.32. The SMILES string of the molecule is NCc1ccc(N2CCNC(=O)CC2)nc1. The highest BCUT2D eigenvalue weighted by molar-refractivity contribution is 5.77. The van der Waals surface area contributed by atoms with Crippen molar-refractivity contribution in [2.45, 2.75) is 13.0 Å². The smallest absolute Gasteiger partial charge is 0.221 e. The number of anilines is 1. The lowest BCUT2D eigenvalue weighted by Gasteiger charge is -2.20. The molecule has 3 N–H and O–H groups in total. The number of amides is 1. The van der Waals surface area contributed by atoms with Gasteiger partial charge in [-0.1, -0.05) is 6.07 Å². The average Bonchev–Trinajstić information content (AvgIpc) is 2.54. The van der Waals surface area contributed by atoms with Crippen LogP contribution in [-0.2, 0) is 11.3 Å². The maximum atomic E-state index is 11.2. The number of carbonyl (C=O) groups excluding carboxylic acids is 1. The minimum atomic E-state index is 0.112. The summed E-state index contributed by atoms with van der Waals surface area (Å²) < 4.78 is 0. The minimum Gasteiger partial charge on any atom is -0.354 e. The molecule has 1 amide bonds. The highest BCUT2D eigenvalue weighted by Crippen LogP contribution is 2.12. The van der Waals surface area contributed by atoms with E-state index in [0.29, 0.717) is 19.5 Å². The molecule has 1 aromatic heterocycles. The molecule has 0 radical (unpaired) electrons. The van der Waals surface area contributed by atoms with Gasteiger partial charge in [-0.15, -0.1) is 0 Å². The van der Waals surface area contributed by atoms with Gasteiger partial charge >= 0.3 is 0 Å². The van der Waals surface area contributed by atoms with Crippen molar-refractivity contribution < 1.29 is 4.79 Å². The summed E-state index contributed by atoms with van der Waals surface area (Å²) in [6, 6.07) is 3.93. The Morgan fingerprint density at radius 1 is 1.44 bits per heavy atom. The van der Waals surface area contributed by atoms with Gasteiger partial charge in [0.1, 0.15) is 5.82 Å². The van der Waals surface area contributed by atoms with Crippen molar-refractivity contribution in [1.82, 2.24) is 10.3 Å². The standard InChI is InChI=1S/C11H16N4O/c12-7-9-1-2-10(14-8-9)15-5-3-11(16)13-4-6-15/h1-2,8H,3-7,12H2,(H,13,16). The molecule has 0 spiro atoms. The molecule has 0 unspecified atom stereocenters. The second-order valence-corrected chi connectivity index (χ2v) is 3.82. The van der Waals surface area contributed by atoms with Gasteiger partial charge < -0.3 is 16.0 Å². The fraction of sp³-hybridized carbons (Fsp3) is 0.455. The largest absolute Gasteiger partial charge is 0.354 e. The van der Waals surface area contributed by atoms with Gasteiger partial charge in [-0.25, -0.2) is 4.98 Å². The van der Waals surface area contributed by atoms with Crippen LogP contribution in [0.2, 0.25) is 0 Å². The van der Waals surface area contributed by atoms with Crippen molar-refractivity contribution in [1.29, 1.82) is 0 Å². The Hall–Kier alpha value is -1.62. The van der Waals surface area contributed by atoms with Crippen molar-refractivity contribution in [3.05, 3.63) is 23.9 Å². The van der Waals surface area contributed by atoms with Crippen LogP contribution < -0.4 is 16.0 Å². The first kappa shape index (κ1) is 10.9. The third-order valence-electron chi connectivity index (χ3n) is 2.68. The number of nitrogens with zero attached hydrogens (tertiary/aromatic N) is 2. The first-order valence-corrected chi connectivity index (χ1v) is 5.46. The number of carbonyl (C=O) groups is 1. The van der Waals surface area contributed by atoms with Crippen LogP contribution in [0.5, 0.6) is 0 Å². The Morgan fingerprint density at radius 3 is 3.00 bits per heavy atom. The molecule has 1 fully saturated rings. The lowest BCUT2D eigenvalue weighted by atomic mass is 10.3. The van der Waals surface area contributed by atoms with E-state index in [1.165, 1.54) is 0 Å². The Morgan fingerprint density at radius 2 is 2.31 bits per heavy atom. The minimum absolute atomic E-state index is 0.112. The predicted molar refractivity (Wildman–Crippen MR) is 62.0 cm³/mol. The zero-order valence-corrected chi connectivity index (χ0v) is 9.15. The molecule has 1 saturated heterocycles. The van der Waals surface area contributed by atoms with Gasteiger partial charge in [-0.2, -0.15) is 0 Å². The predicted octanol–water partition coefficient (Wildman–Crippen LogP) is -0.133. The molecule has 1 aromatic rings. The molecule has 0 aromatic carbocycles. The second-order valence-electron chi connectivity index (χ2n) is 3.82. The van der Waals surface area contributed by atoms with Crippen LogP contribution in [0.25, 0.3) is 0 Å². The molecule has 0 saturated carbocycles. The molecule has 1 aliphatic rings. The van der Waals surface area contributed by atoms with E-state index in [4.69, 9.17) is 5.73 Å². The first-order valence-electron chi connectivity index (χ1n) is 5.46. The molecule has 16 heavy (non-hydrogen) atoms. The Kier molecular flexibility index (Phi) is 3.36. The maximum absolute atomic E-state index is 11.2. The molecule has 2 rings (SSSR count). The number of hydrogen-bond donors (Lipinski definition) is 2. The number of rotatable bonds is 2. The van der Waals surface area contributed by atoms with E-state index in [-0.39, 0.29) is 5.91 Å². The van der Waals surface area contributed by atoms with Gasteiger partial charge in [-0.05, 0) is 11.6 Å². The van der Waals surface area contributed by atoms with Crippen LogP contribution in [0.4, 0.5) is 5.82 Å². The summed E-state index contributed by atoms with van der Waals surface area (Å²) >= 11 is 0. The number of aromatic nitrogens is 1. The van der Waals surface area contributed by atoms with Crippen LogP contribution in [0.1, 0.15) is 12.0 Å². The molecule has 1 aliphatic heterocycles. The lowest BCUT2D eigenvalue weighted by molar-refractivity contribution is -0.120. The molecule has 2 heterocycles. The van der Waals surface area contributed by atoms with Crippen molar-refractivity contribution in [2.75, 3.05) is 24.5 Å². The number of nitrogens with two attached hydrogens (primary N) is 1. The number of nitrogens with one attached hydrogen (secondary N) is 1. The van der Waals surface area contributed by atoms with Crippen LogP contribution >= 0.6 is 0 Å². The van der Waals surface area contributed by atoms with Gasteiger partial charge in [0.05, 0.1) is 0 Å². The zero-order chi connectivity index (χ0) is 11.4. The highest BCUT2D eigenvalue weighted by atomic mass is 16.1. The Labute approximate surface area is 94.6 Å². The van der Waals surface area contributed by atoms with Crippen LogP contribution in [0.15, 0.2) is 18.3 Å². The van der Waals surface area contributed by atoms with Crippen LogP contribution in [0, 0.1) is 0 Å². The summed E-state index contributed by atoms with van der Waals surface area (Å²) in [6.45, 7) is 2.72. The van der Waals surface area contributed by atoms with E-state index < -0.39 is 0 Å². The molecule has 0 bridgehead atoms. The van der Waals surface area contributed by atoms with Crippen molar-refractivity contribution in [2.24, 2.45) is 5.73 Å². The normalized spacial score (nSPS) is 16.8. The van der Waals surface area contributed by atoms with Gasteiger partial charge in [0, 0.05) is 38.8 Å². The fourth-order valence-electron chi connectivity index (χ4n) is 1.72. The summed E-state index contributed by atoms with van der Waals surface area (Å²) in [7, 11) is 0. The number of hydrogen-bond acceptors (Lipinski definition) is 4. The molecule has 5 heteroatoms. The van der Waals surface area contributed by atoms with Crippen molar-refractivity contribution in [3.63, 3.8) is 0 Å². The van der Waals surface area contributed by atoms with Crippen molar-refractivity contribution >= 4 is 11.7 Å². The third-order valence-corrected chi connectivity index (χ3v) is 2.68. The molecule has 86 valence electrons. The van der Waals surface area contributed by atoms with Crippen LogP contribution in [0.3, 0.4) is 0 Å². The lowest BCUT2D eigenvalue weighted by Crippen LogP contribution is -2.28. The van der Waals surface area contributed by atoms with Gasteiger partial charge in [0.25, 0.3) is 0 Å². The molecular formula is C11H16N4O. The quantitative estimate of drug-likeness (QED) is 0.728. The van der Waals surface area contributed by atoms with Gasteiger partial charge in [-0.3, -0.25) is 4.79 Å². The monoisotopic (exact) mass is 220 g/mol. The molecule has 0 atom stereocenters. The highest BCUT2D eigenvalue weighted by Gasteiger charge is 2.14.